The molecule has 2 aromatic carbocycles. The van der Waals surface area contributed by atoms with Gasteiger partial charge in [-0.2, -0.15) is 0 Å². The molecule has 30 heavy (non-hydrogen) atoms. The maximum absolute atomic E-state index is 12.4. The lowest BCUT2D eigenvalue weighted by Crippen LogP contribution is -2.02. The van der Waals surface area contributed by atoms with Crippen LogP contribution in [0.4, 0.5) is 0 Å². The molecule has 0 fully saturated rings. The van der Waals surface area contributed by atoms with Crippen LogP contribution in [0, 0.1) is 6.92 Å². The average Bonchev–Trinajstić information content (AvgIpc) is 3.20. The van der Waals surface area contributed by atoms with Crippen molar-refractivity contribution in [1.29, 1.82) is 0 Å². The van der Waals surface area contributed by atoms with Crippen molar-refractivity contribution in [2.24, 2.45) is 0 Å². The van der Waals surface area contributed by atoms with Gasteiger partial charge in [0.25, 0.3) is 0 Å². The minimum atomic E-state index is 0.0410. The van der Waals surface area contributed by atoms with E-state index >= 15 is 0 Å². The summed E-state index contributed by atoms with van der Waals surface area (Å²) in [5.74, 6) is 1.08. The Morgan fingerprint density at radius 3 is 2.43 bits per heavy atom. The van der Waals surface area contributed by atoms with E-state index < -0.39 is 0 Å². The number of hydrogen-bond donors (Lipinski definition) is 0. The summed E-state index contributed by atoms with van der Waals surface area (Å²) < 4.78 is 5.12. The molecule has 0 radical (unpaired) electrons. The van der Waals surface area contributed by atoms with E-state index in [9.17, 15) is 4.79 Å². The van der Waals surface area contributed by atoms with E-state index in [1.165, 1.54) is 11.8 Å². The van der Waals surface area contributed by atoms with E-state index in [-0.39, 0.29) is 5.78 Å². The lowest BCUT2D eigenvalue weighted by Gasteiger charge is -2.03. The van der Waals surface area contributed by atoms with Crippen molar-refractivity contribution in [3.8, 4) is 26.9 Å². The molecule has 2 heterocycles. The van der Waals surface area contributed by atoms with Gasteiger partial charge in [-0.25, -0.2) is 4.98 Å². The number of carbonyl (C=O) groups is 1. The third kappa shape index (κ3) is 4.58. The summed E-state index contributed by atoms with van der Waals surface area (Å²) in [6, 6.07) is 21.0. The van der Waals surface area contributed by atoms with Crippen LogP contribution in [0.3, 0.4) is 0 Å². The van der Waals surface area contributed by atoms with E-state index in [1.807, 2.05) is 49.4 Å². The number of benzene rings is 2. The molecule has 150 valence electrons. The molecule has 0 amide bonds. The maximum Gasteiger partial charge on any atom is 0.173 e. The lowest BCUT2D eigenvalue weighted by atomic mass is 10.1. The van der Waals surface area contributed by atoms with Gasteiger partial charge in [0.15, 0.2) is 5.78 Å². The quantitative estimate of drug-likeness (QED) is 0.281. The molecule has 4 rings (SSSR count). The van der Waals surface area contributed by atoms with Gasteiger partial charge in [-0.1, -0.05) is 42.1 Å². The Hall–Kier alpha value is -3.03. The Labute approximate surface area is 183 Å². The molecule has 2 aromatic heterocycles. The van der Waals surface area contributed by atoms with Gasteiger partial charge in [0.05, 0.1) is 23.4 Å². The van der Waals surface area contributed by atoms with E-state index in [0.717, 1.165) is 32.6 Å². The molecule has 0 aliphatic carbocycles. The third-order valence-corrected chi connectivity index (χ3v) is 6.60. The van der Waals surface area contributed by atoms with Gasteiger partial charge in [-0.3, -0.25) is 4.79 Å². The van der Waals surface area contributed by atoms with Crippen molar-refractivity contribution in [3.63, 3.8) is 0 Å². The van der Waals surface area contributed by atoms with Crippen molar-refractivity contribution in [1.82, 2.24) is 15.2 Å². The molecular formula is C23H19N3O2S2. The number of ketones is 1. The molecule has 0 spiro atoms. The molecule has 5 nitrogen and oxygen atoms in total. The molecule has 0 saturated carbocycles. The molecule has 7 heteroatoms. The lowest BCUT2D eigenvalue weighted by molar-refractivity contribution is 0.102. The molecule has 0 N–H and O–H groups in total. The molecule has 0 aliphatic heterocycles. The highest BCUT2D eigenvalue weighted by atomic mass is 32.2. The Morgan fingerprint density at radius 2 is 1.77 bits per heavy atom. The number of ether oxygens (including phenoxy) is 1. The second-order valence-electron chi connectivity index (χ2n) is 6.50. The van der Waals surface area contributed by atoms with Crippen molar-refractivity contribution in [2.75, 3.05) is 12.9 Å². The summed E-state index contributed by atoms with van der Waals surface area (Å²) in [7, 11) is 1.60. The van der Waals surface area contributed by atoms with Crippen molar-refractivity contribution < 1.29 is 9.53 Å². The molecule has 0 unspecified atom stereocenters. The molecular weight excluding hydrogens is 414 g/mol. The van der Waals surface area contributed by atoms with E-state index in [4.69, 9.17) is 4.74 Å². The van der Waals surface area contributed by atoms with Gasteiger partial charge in [-0.15, -0.1) is 21.5 Å². The summed E-state index contributed by atoms with van der Waals surface area (Å²) >= 11 is 2.98. The highest BCUT2D eigenvalue weighted by Crippen LogP contribution is 2.34. The van der Waals surface area contributed by atoms with Gasteiger partial charge in [0.1, 0.15) is 21.5 Å². The minimum absolute atomic E-state index is 0.0410. The predicted octanol–water partition coefficient (Wildman–Crippen LogP) is 5.56. The summed E-state index contributed by atoms with van der Waals surface area (Å²) in [5, 5.41) is 10.3. The van der Waals surface area contributed by atoms with Gasteiger partial charge < -0.3 is 4.74 Å². The fraction of sp³-hybridized carbons (Fsp3) is 0.130. The smallest absolute Gasteiger partial charge is 0.173 e. The van der Waals surface area contributed by atoms with Crippen LogP contribution in [0.5, 0.6) is 5.75 Å². The number of aromatic nitrogens is 3. The number of hydrogen-bond acceptors (Lipinski definition) is 7. The first kappa shape index (κ1) is 20.3. The fourth-order valence-corrected chi connectivity index (χ4v) is 4.60. The monoisotopic (exact) mass is 433 g/mol. The normalized spacial score (nSPS) is 10.7. The van der Waals surface area contributed by atoms with Crippen LogP contribution < -0.4 is 4.74 Å². The number of thioether (sulfide) groups is 1. The van der Waals surface area contributed by atoms with Crippen LogP contribution in [0.1, 0.15) is 16.1 Å². The maximum atomic E-state index is 12.4. The zero-order chi connectivity index (χ0) is 20.9. The first-order valence-corrected chi connectivity index (χ1v) is 11.1. The number of methoxy groups -OCH3 is 1. The SMILES string of the molecule is COc1ccc(C(=O)CSc2ccc(-c3sc(-c4ccccc4)nc3C)nn2)cc1. The Kier molecular flexibility index (Phi) is 6.21. The van der Waals surface area contributed by atoms with Crippen LogP contribution in [0.25, 0.3) is 21.1 Å². The summed E-state index contributed by atoms with van der Waals surface area (Å²) in [6.45, 7) is 1.98. The molecule has 0 atom stereocenters. The number of Topliss-reactive ketones (excluding diaryl/α,β-unsaturated/α-hetero) is 1. The molecule has 0 saturated heterocycles. The number of rotatable bonds is 7. The Balaban J connectivity index is 1.43. The number of thiazole rings is 1. The summed E-state index contributed by atoms with van der Waals surface area (Å²) in [4.78, 5) is 18.1. The first-order valence-electron chi connectivity index (χ1n) is 9.31. The van der Waals surface area contributed by atoms with Crippen LogP contribution in [0.2, 0.25) is 0 Å². The largest absolute Gasteiger partial charge is 0.497 e. The Morgan fingerprint density at radius 1 is 1.00 bits per heavy atom. The fourth-order valence-electron chi connectivity index (χ4n) is 2.86. The Bertz CT molecular complexity index is 1140. The standard InChI is InChI=1S/C23H19N3O2S2/c1-15-22(30-23(24-15)17-6-4-3-5-7-17)19-12-13-21(26-25-19)29-14-20(27)16-8-10-18(28-2)11-9-16/h3-13H,14H2,1-2H3. The summed E-state index contributed by atoms with van der Waals surface area (Å²) in [6.07, 6.45) is 0. The second-order valence-corrected chi connectivity index (χ2v) is 8.49. The number of aryl methyl sites for hydroxylation is 1. The van der Waals surface area contributed by atoms with Crippen LogP contribution >= 0.6 is 23.1 Å². The molecule has 4 aromatic rings. The highest BCUT2D eigenvalue weighted by Gasteiger charge is 2.13. The van der Waals surface area contributed by atoms with E-state index in [1.54, 1.807) is 42.7 Å². The summed E-state index contributed by atoms with van der Waals surface area (Å²) in [5.41, 5.74) is 3.47. The van der Waals surface area contributed by atoms with Crippen LogP contribution in [0.15, 0.2) is 71.8 Å². The molecule has 0 aliphatic rings. The zero-order valence-electron chi connectivity index (χ0n) is 16.5. The van der Waals surface area contributed by atoms with Gasteiger partial charge in [0, 0.05) is 11.1 Å². The second kappa shape index (κ2) is 9.19. The van der Waals surface area contributed by atoms with Crippen molar-refractivity contribution in [2.45, 2.75) is 11.9 Å². The van der Waals surface area contributed by atoms with Crippen LogP contribution in [-0.4, -0.2) is 33.8 Å². The predicted molar refractivity (Wildman–Crippen MR) is 121 cm³/mol. The van der Waals surface area contributed by atoms with E-state index in [2.05, 4.69) is 15.2 Å². The zero-order valence-corrected chi connectivity index (χ0v) is 18.2. The van der Waals surface area contributed by atoms with Gasteiger partial charge in [0.2, 0.25) is 0 Å². The minimum Gasteiger partial charge on any atom is -0.497 e. The average molecular weight is 434 g/mol. The molecule has 0 bridgehead atoms. The van der Waals surface area contributed by atoms with Gasteiger partial charge in [-0.05, 0) is 43.3 Å². The third-order valence-electron chi connectivity index (χ3n) is 4.45. The van der Waals surface area contributed by atoms with Crippen molar-refractivity contribution in [3.05, 3.63) is 78.0 Å². The number of nitrogens with zero attached hydrogens (tertiary/aromatic N) is 3. The van der Waals surface area contributed by atoms with Crippen molar-refractivity contribution >= 4 is 28.9 Å². The highest BCUT2D eigenvalue weighted by molar-refractivity contribution is 7.99. The first-order chi connectivity index (χ1) is 14.6. The van der Waals surface area contributed by atoms with Gasteiger partial charge >= 0.3 is 0 Å². The topological polar surface area (TPSA) is 65.0 Å². The number of carbonyl (C=O) groups excluding carboxylic acids is 1. The van der Waals surface area contributed by atoms with E-state index in [0.29, 0.717) is 16.3 Å². The van der Waals surface area contributed by atoms with Crippen LogP contribution in [-0.2, 0) is 0 Å².